The first-order chi connectivity index (χ1) is 11.6. The van der Waals surface area contributed by atoms with Crippen LogP contribution in [0.25, 0.3) is 5.65 Å². The summed E-state index contributed by atoms with van der Waals surface area (Å²) in [5.41, 5.74) is 5.16. The van der Waals surface area contributed by atoms with E-state index in [0.717, 1.165) is 40.4 Å². The SMILES string of the molecule is CCc1cc(NC(CCO)c2ccccc2)n2nc(C)c(C)c2n1. The molecule has 0 aliphatic heterocycles. The molecule has 2 aromatic heterocycles. The number of fused-ring (bicyclic) bond motifs is 1. The van der Waals surface area contributed by atoms with Crippen LogP contribution in [-0.2, 0) is 6.42 Å². The average Bonchev–Trinajstić information content (AvgIpc) is 2.90. The van der Waals surface area contributed by atoms with Crippen molar-refractivity contribution in [3.05, 3.63) is 58.9 Å². The van der Waals surface area contributed by atoms with Gasteiger partial charge in [0.25, 0.3) is 0 Å². The molecule has 1 atom stereocenters. The highest BCUT2D eigenvalue weighted by Gasteiger charge is 2.16. The molecule has 0 saturated heterocycles. The monoisotopic (exact) mass is 324 g/mol. The molecule has 2 N–H and O–H groups in total. The van der Waals surface area contributed by atoms with E-state index < -0.39 is 0 Å². The molecule has 0 fully saturated rings. The van der Waals surface area contributed by atoms with Crippen LogP contribution in [0.15, 0.2) is 36.4 Å². The van der Waals surface area contributed by atoms with Crippen LogP contribution in [0.2, 0.25) is 0 Å². The number of hydrogen-bond acceptors (Lipinski definition) is 4. The largest absolute Gasteiger partial charge is 0.396 e. The third-order valence-corrected chi connectivity index (χ3v) is 4.41. The summed E-state index contributed by atoms with van der Waals surface area (Å²) in [6.45, 7) is 6.28. The Morgan fingerprint density at radius 3 is 2.62 bits per heavy atom. The molecule has 126 valence electrons. The summed E-state index contributed by atoms with van der Waals surface area (Å²) in [6, 6.07) is 12.3. The average molecular weight is 324 g/mol. The Bertz CT molecular complexity index is 826. The highest BCUT2D eigenvalue weighted by Crippen LogP contribution is 2.25. The Kier molecular flexibility index (Phi) is 4.81. The summed E-state index contributed by atoms with van der Waals surface area (Å²) in [4.78, 5) is 4.71. The molecule has 1 unspecified atom stereocenters. The van der Waals surface area contributed by atoms with Crippen molar-refractivity contribution in [2.24, 2.45) is 0 Å². The van der Waals surface area contributed by atoms with E-state index in [4.69, 9.17) is 4.98 Å². The Morgan fingerprint density at radius 2 is 1.96 bits per heavy atom. The van der Waals surface area contributed by atoms with E-state index in [1.54, 1.807) is 0 Å². The maximum absolute atomic E-state index is 9.46. The van der Waals surface area contributed by atoms with Crippen molar-refractivity contribution < 1.29 is 5.11 Å². The Balaban J connectivity index is 2.05. The first kappa shape index (κ1) is 16.5. The number of nitrogens with zero attached hydrogens (tertiary/aromatic N) is 3. The highest BCUT2D eigenvalue weighted by atomic mass is 16.3. The molecule has 5 nitrogen and oxygen atoms in total. The van der Waals surface area contributed by atoms with Crippen molar-refractivity contribution in [2.45, 2.75) is 39.7 Å². The van der Waals surface area contributed by atoms with Gasteiger partial charge in [-0.15, -0.1) is 0 Å². The van der Waals surface area contributed by atoms with Gasteiger partial charge < -0.3 is 10.4 Å². The van der Waals surface area contributed by atoms with Gasteiger partial charge in [-0.3, -0.25) is 0 Å². The molecular weight excluding hydrogens is 300 g/mol. The lowest BCUT2D eigenvalue weighted by molar-refractivity contribution is 0.280. The third-order valence-electron chi connectivity index (χ3n) is 4.41. The van der Waals surface area contributed by atoms with E-state index >= 15 is 0 Å². The zero-order valence-corrected chi connectivity index (χ0v) is 14.5. The van der Waals surface area contributed by atoms with Crippen LogP contribution in [-0.4, -0.2) is 26.3 Å². The van der Waals surface area contributed by atoms with Crippen molar-refractivity contribution in [3.8, 4) is 0 Å². The molecular formula is C19H24N4O. The zero-order chi connectivity index (χ0) is 17.1. The molecule has 0 bridgehead atoms. The molecule has 0 amide bonds. The van der Waals surface area contributed by atoms with Gasteiger partial charge in [0, 0.05) is 23.9 Å². The Morgan fingerprint density at radius 1 is 1.21 bits per heavy atom. The molecule has 5 heteroatoms. The van der Waals surface area contributed by atoms with Crippen molar-refractivity contribution in [3.63, 3.8) is 0 Å². The first-order valence-corrected chi connectivity index (χ1v) is 8.42. The fraction of sp³-hybridized carbons (Fsp3) is 0.368. The van der Waals surface area contributed by atoms with Gasteiger partial charge in [-0.05, 0) is 32.3 Å². The van der Waals surface area contributed by atoms with Crippen molar-refractivity contribution >= 4 is 11.5 Å². The molecule has 24 heavy (non-hydrogen) atoms. The molecule has 0 aliphatic rings. The summed E-state index contributed by atoms with van der Waals surface area (Å²) in [6.07, 6.45) is 1.50. The summed E-state index contributed by atoms with van der Waals surface area (Å²) < 4.78 is 1.87. The second-order valence-corrected chi connectivity index (χ2v) is 6.05. The second-order valence-electron chi connectivity index (χ2n) is 6.05. The molecule has 2 heterocycles. The molecule has 1 aromatic carbocycles. The lowest BCUT2D eigenvalue weighted by Crippen LogP contribution is -2.15. The molecule has 0 spiro atoms. The molecule has 3 aromatic rings. The number of aliphatic hydroxyl groups excluding tert-OH is 1. The molecule has 0 aliphatic carbocycles. The van der Waals surface area contributed by atoms with Crippen molar-refractivity contribution in [1.29, 1.82) is 0 Å². The van der Waals surface area contributed by atoms with Gasteiger partial charge in [-0.2, -0.15) is 9.61 Å². The van der Waals surface area contributed by atoms with Gasteiger partial charge >= 0.3 is 0 Å². The smallest absolute Gasteiger partial charge is 0.160 e. The summed E-state index contributed by atoms with van der Waals surface area (Å²) in [5.74, 6) is 0.912. The van der Waals surface area contributed by atoms with E-state index in [9.17, 15) is 5.11 Å². The highest BCUT2D eigenvalue weighted by molar-refractivity contribution is 5.56. The maximum Gasteiger partial charge on any atom is 0.160 e. The minimum absolute atomic E-state index is 0.0244. The quantitative estimate of drug-likeness (QED) is 0.729. The van der Waals surface area contributed by atoms with Gasteiger partial charge in [-0.25, -0.2) is 4.98 Å². The normalized spacial score (nSPS) is 12.5. The van der Waals surface area contributed by atoms with Gasteiger partial charge in [0.1, 0.15) is 5.82 Å². The minimum atomic E-state index is 0.0244. The van der Waals surface area contributed by atoms with E-state index in [0.29, 0.717) is 6.42 Å². The molecule has 0 saturated carbocycles. The van der Waals surface area contributed by atoms with Gasteiger partial charge in [0.2, 0.25) is 0 Å². The predicted octanol–water partition coefficient (Wildman–Crippen LogP) is 3.44. The van der Waals surface area contributed by atoms with Crippen LogP contribution in [0, 0.1) is 13.8 Å². The zero-order valence-electron chi connectivity index (χ0n) is 14.5. The predicted molar refractivity (Wildman–Crippen MR) is 96.3 cm³/mol. The number of nitrogens with one attached hydrogen (secondary N) is 1. The summed E-state index contributed by atoms with van der Waals surface area (Å²) in [7, 11) is 0. The van der Waals surface area contributed by atoms with Crippen LogP contribution >= 0.6 is 0 Å². The number of aryl methyl sites for hydroxylation is 3. The summed E-state index contributed by atoms with van der Waals surface area (Å²) >= 11 is 0. The van der Waals surface area contributed by atoms with Gasteiger partial charge in [0.05, 0.1) is 11.7 Å². The van der Waals surface area contributed by atoms with E-state index in [1.165, 1.54) is 0 Å². The minimum Gasteiger partial charge on any atom is -0.396 e. The van der Waals surface area contributed by atoms with Crippen LogP contribution in [0.5, 0.6) is 0 Å². The van der Waals surface area contributed by atoms with E-state index in [1.807, 2.05) is 35.7 Å². The molecule has 0 radical (unpaired) electrons. The second kappa shape index (κ2) is 7.01. The van der Waals surface area contributed by atoms with E-state index in [-0.39, 0.29) is 12.6 Å². The number of hydrogen-bond donors (Lipinski definition) is 2. The summed E-state index contributed by atoms with van der Waals surface area (Å²) in [5, 5.41) is 17.6. The lowest BCUT2D eigenvalue weighted by Gasteiger charge is -2.20. The number of benzene rings is 1. The first-order valence-electron chi connectivity index (χ1n) is 8.42. The maximum atomic E-state index is 9.46. The van der Waals surface area contributed by atoms with Crippen molar-refractivity contribution in [2.75, 3.05) is 11.9 Å². The van der Waals surface area contributed by atoms with Crippen LogP contribution in [0.4, 0.5) is 5.82 Å². The van der Waals surface area contributed by atoms with Crippen LogP contribution < -0.4 is 5.32 Å². The van der Waals surface area contributed by atoms with E-state index in [2.05, 4.69) is 36.4 Å². The fourth-order valence-corrected chi connectivity index (χ4v) is 2.88. The number of aromatic nitrogens is 3. The Labute approximate surface area is 142 Å². The lowest BCUT2D eigenvalue weighted by atomic mass is 10.0. The Hall–Kier alpha value is -2.40. The van der Waals surface area contributed by atoms with Gasteiger partial charge in [0.15, 0.2) is 5.65 Å². The number of aliphatic hydroxyl groups is 1. The topological polar surface area (TPSA) is 62.5 Å². The van der Waals surface area contributed by atoms with Crippen LogP contribution in [0.3, 0.4) is 0 Å². The molecule has 3 rings (SSSR count). The fourth-order valence-electron chi connectivity index (χ4n) is 2.88. The van der Waals surface area contributed by atoms with Crippen LogP contribution in [0.1, 0.15) is 41.9 Å². The van der Waals surface area contributed by atoms with Crippen molar-refractivity contribution in [1.82, 2.24) is 14.6 Å². The standard InChI is InChI=1S/C19H24N4O/c1-4-16-12-18(23-19(20-16)13(2)14(3)22-23)21-17(10-11-24)15-8-6-5-7-9-15/h5-9,12,17,21,24H,4,10-11H2,1-3H3. The number of anilines is 1. The third kappa shape index (κ3) is 3.12. The number of rotatable bonds is 6. The van der Waals surface area contributed by atoms with Gasteiger partial charge in [-0.1, -0.05) is 37.3 Å².